The van der Waals surface area contributed by atoms with Crippen LogP contribution in [0.2, 0.25) is 0 Å². The van der Waals surface area contributed by atoms with Gasteiger partial charge >= 0.3 is 0 Å². The molecule has 3 heterocycles. The monoisotopic (exact) mass is 270 g/mol. The van der Waals surface area contributed by atoms with Crippen molar-refractivity contribution in [2.45, 2.75) is 31.1 Å². The van der Waals surface area contributed by atoms with E-state index in [-0.39, 0.29) is 17.2 Å². The fraction of sp³-hybridized carbons (Fsp3) is 0.700. The Kier molecular flexibility index (Phi) is 2.74. The number of fused-ring (bicyclic) bond motifs is 3. The average Bonchev–Trinajstić information content (AvgIpc) is 2.90. The lowest BCUT2D eigenvalue weighted by molar-refractivity contribution is -0.119. The smallest absolute Gasteiger partial charge is 0.244 e. The van der Waals surface area contributed by atoms with Crippen LogP contribution in [-0.4, -0.2) is 38.2 Å². The minimum atomic E-state index is 0.0263. The molecule has 0 spiro atoms. The van der Waals surface area contributed by atoms with Gasteiger partial charge in [0.1, 0.15) is 5.25 Å². The van der Waals surface area contributed by atoms with Gasteiger partial charge in [0.05, 0.1) is 6.04 Å². The Hall–Kier alpha value is -0.820. The van der Waals surface area contributed by atoms with Crippen LogP contribution in [0.3, 0.4) is 0 Å². The molecule has 0 aromatic carbocycles. The molecule has 1 fully saturated rings. The number of aromatic nitrogens is 3. The first-order valence-corrected chi connectivity index (χ1v) is 7.29. The van der Waals surface area contributed by atoms with Crippen LogP contribution in [0.25, 0.3) is 0 Å². The largest absolute Gasteiger partial charge is 0.281 e. The molecular weight excluding hydrogens is 256 g/mol. The first-order valence-electron chi connectivity index (χ1n) is 5.84. The molecule has 92 valence electrons. The van der Waals surface area contributed by atoms with Gasteiger partial charge in [-0.2, -0.15) is 0 Å². The van der Waals surface area contributed by atoms with Gasteiger partial charge in [-0.25, -0.2) is 5.10 Å². The third-order valence-corrected chi connectivity index (χ3v) is 4.91. The quantitative estimate of drug-likeness (QED) is 0.832. The zero-order chi connectivity index (χ0) is 12.0. The third-order valence-electron chi connectivity index (χ3n) is 3.28. The van der Waals surface area contributed by atoms with Crippen molar-refractivity contribution in [1.82, 2.24) is 14.8 Å². The summed E-state index contributed by atoms with van der Waals surface area (Å²) in [5, 5.41) is 7.05. The number of aromatic amines is 1. The number of thioether (sulfide) groups is 1. The zero-order valence-corrected chi connectivity index (χ0v) is 11.2. The molecule has 0 radical (unpaired) electrons. The number of carbonyl (C=O) groups excluding carboxylic acids is 1. The van der Waals surface area contributed by atoms with Gasteiger partial charge in [0.15, 0.2) is 4.77 Å². The van der Waals surface area contributed by atoms with E-state index < -0.39 is 0 Å². The van der Waals surface area contributed by atoms with Crippen LogP contribution in [0.15, 0.2) is 0 Å². The predicted molar refractivity (Wildman–Crippen MR) is 70.0 cm³/mol. The molecule has 2 atom stereocenters. The van der Waals surface area contributed by atoms with Crippen molar-refractivity contribution < 1.29 is 4.79 Å². The van der Waals surface area contributed by atoms with Crippen molar-refractivity contribution in [3.8, 4) is 0 Å². The number of amides is 1. The van der Waals surface area contributed by atoms with E-state index in [1.54, 1.807) is 16.7 Å². The Morgan fingerprint density at radius 1 is 1.65 bits per heavy atom. The highest BCUT2D eigenvalue weighted by molar-refractivity contribution is 8.00. The molecule has 1 saturated heterocycles. The summed E-state index contributed by atoms with van der Waals surface area (Å²) in [7, 11) is 0. The van der Waals surface area contributed by atoms with Gasteiger partial charge in [0, 0.05) is 6.54 Å². The number of H-pyrrole nitrogens is 1. The Labute approximate surface area is 109 Å². The van der Waals surface area contributed by atoms with E-state index in [9.17, 15) is 4.79 Å². The third kappa shape index (κ3) is 1.55. The lowest BCUT2D eigenvalue weighted by atomic mass is 10.1. The summed E-state index contributed by atoms with van der Waals surface area (Å²) >= 11 is 7.01. The Morgan fingerprint density at radius 3 is 3.24 bits per heavy atom. The van der Waals surface area contributed by atoms with Gasteiger partial charge in [-0.15, -0.1) is 16.9 Å². The van der Waals surface area contributed by atoms with Gasteiger partial charge in [-0.05, 0) is 30.8 Å². The molecule has 5 nitrogen and oxygen atoms in total. The van der Waals surface area contributed by atoms with Crippen molar-refractivity contribution in [3.05, 3.63) is 4.77 Å². The predicted octanol–water partition coefficient (Wildman–Crippen LogP) is 1.74. The normalized spacial score (nSPS) is 27.1. The van der Waals surface area contributed by atoms with E-state index in [2.05, 4.69) is 17.1 Å². The van der Waals surface area contributed by atoms with Gasteiger partial charge < -0.3 is 0 Å². The maximum absolute atomic E-state index is 12.4. The maximum Gasteiger partial charge on any atom is 0.244 e. The summed E-state index contributed by atoms with van der Waals surface area (Å²) in [6.45, 7) is 2.77. The molecule has 1 N–H and O–H groups in total. The summed E-state index contributed by atoms with van der Waals surface area (Å²) in [4.78, 5) is 14.1. The summed E-state index contributed by atoms with van der Waals surface area (Å²) < 4.78 is 2.66. The molecule has 2 unspecified atom stereocenters. The summed E-state index contributed by atoms with van der Waals surface area (Å²) in [5.74, 6) is 1.92. The molecule has 17 heavy (non-hydrogen) atoms. The van der Waals surface area contributed by atoms with E-state index in [0.717, 1.165) is 18.6 Å². The van der Waals surface area contributed by atoms with Gasteiger partial charge in [0.2, 0.25) is 11.9 Å². The first-order chi connectivity index (χ1) is 8.24. The van der Waals surface area contributed by atoms with Crippen molar-refractivity contribution >= 4 is 35.8 Å². The van der Waals surface area contributed by atoms with E-state index >= 15 is 0 Å². The number of nitrogens with one attached hydrogen (secondary N) is 1. The van der Waals surface area contributed by atoms with E-state index in [4.69, 9.17) is 12.2 Å². The molecule has 0 bridgehead atoms. The number of hydrogen-bond donors (Lipinski definition) is 1. The van der Waals surface area contributed by atoms with Crippen LogP contribution in [0.1, 0.15) is 25.8 Å². The SMILES string of the molecule is CCCN1C(=O)C2SCCC2n2c1n[nH]c2=S. The minimum Gasteiger partial charge on any atom is -0.281 e. The number of hydrogen-bond acceptors (Lipinski definition) is 4. The van der Waals surface area contributed by atoms with Crippen LogP contribution < -0.4 is 4.90 Å². The van der Waals surface area contributed by atoms with Crippen LogP contribution in [0.5, 0.6) is 0 Å². The minimum absolute atomic E-state index is 0.0263. The van der Waals surface area contributed by atoms with Gasteiger partial charge in [-0.1, -0.05) is 6.92 Å². The Morgan fingerprint density at radius 2 is 2.47 bits per heavy atom. The fourth-order valence-corrected chi connectivity index (χ4v) is 4.19. The lowest BCUT2D eigenvalue weighted by Crippen LogP contribution is -2.46. The molecule has 7 heteroatoms. The Balaban J connectivity index is 2.12. The Bertz CT molecular complexity index is 509. The van der Waals surface area contributed by atoms with Crippen LogP contribution in [0.4, 0.5) is 5.95 Å². The number of rotatable bonds is 2. The number of carbonyl (C=O) groups is 1. The second-order valence-corrected chi connectivity index (χ2v) is 5.97. The van der Waals surface area contributed by atoms with Crippen LogP contribution in [0, 0.1) is 4.77 Å². The fourth-order valence-electron chi connectivity index (χ4n) is 2.55. The van der Waals surface area contributed by atoms with E-state index in [1.807, 2.05) is 4.57 Å². The van der Waals surface area contributed by atoms with E-state index in [0.29, 0.717) is 17.3 Å². The lowest BCUT2D eigenvalue weighted by Gasteiger charge is -2.33. The summed E-state index contributed by atoms with van der Waals surface area (Å²) in [5.41, 5.74) is 0. The van der Waals surface area contributed by atoms with Gasteiger partial charge in [-0.3, -0.25) is 14.3 Å². The molecule has 1 aromatic rings. The highest BCUT2D eigenvalue weighted by Gasteiger charge is 2.44. The van der Waals surface area contributed by atoms with Crippen LogP contribution >= 0.6 is 24.0 Å². The van der Waals surface area contributed by atoms with Crippen molar-refractivity contribution in [2.24, 2.45) is 0 Å². The standard InChI is InChI=1S/C10H14N4OS2/c1-2-4-13-8(15)7-6(3-5-17-7)14-9(13)11-12-10(14)16/h6-7H,2-5H2,1H3,(H,12,16). The topological polar surface area (TPSA) is 53.9 Å². The highest BCUT2D eigenvalue weighted by Crippen LogP contribution is 2.42. The first kappa shape index (κ1) is 11.3. The van der Waals surface area contributed by atoms with Crippen molar-refractivity contribution in [2.75, 3.05) is 17.2 Å². The summed E-state index contributed by atoms with van der Waals surface area (Å²) in [6.07, 6.45) is 1.93. The zero-order valence-electron chi connectivity index (χ0n) is 9.55. The number of anilines is 1. The van der Waals surface area contributed by atoms with Crippen molar-refractivity contribution in [3.63, 3.8) is 0 Å². The molecule has 0 saturated carbocycles. The molecule has 2 aliphatic heterocycles. The highest BCUT2D eigenvalue weighted by atomic mass is 32.2. The number of nitrogens with zero attached hydrogens (tertiary/aromatic N) is 3. The van der Waals surface area contributed by atoms with Crippen molar-refractivity contribution in [1.29, 1.82) is 0 Å². The maximum atomic E-state index is 12.4. The molecular formula is C10H14N4OS2. The second kappa shape index (κ2) is 4.13. The molecule has 3 rings (SSSR count). The van der Waals surface area contributed by atoms with Gasteiger partial charge in [0.25, 0.3) is 0 Å². The molecule has 1 aromatic heterocycles. The van der Waals surface area contributed by atoms with Crippen LogP contribution in [-0.2, 0) is 4.79 Å². The average molecular weight is 270 g/mol. The molecule has 0 aliphatic carbocycles. The van der Waals surface area contributed by atoms with E-state index in [1.165, 1.54) is 0 Å². The molecule has 1 amide bonds. The summed E-state index contributed by atoms with van der Waals surface area (Å²) in [6, 6.07) is 0.196. The molecule has 2 aliphatic rings. The second-order valence-electron chi connectivity index (χ2n) is 4.34.